The lowest BCUT2D eigenvalue weighted by molar-refractivity contribution is -0.150. The Balaban J connectivity index is -0.000000944. The molecule has 1 heterocycles. The van der Waals surface area contributed by atoms with E-state index in [-0.39, 0.29) is 38.1 Å². The first-order valence-electron chi connectivity index (χ1n) is 13.9. The number of aliphatic carboxylic acids is 4. The van der Waals surface area contributed by atoms with Gasteiger partial charge in [0.15, 0.2) is 0 Å². The Morgan fingerprint density at radius 2 is 1.15 bits per heavy atom. The molecule has 0 aliphatic carbocycles. The van der Waals surface area contributed by atoms with Crippen LogP contribution < -0.4 is 21.3 Å². The maximum atomic E-state index is 12.6. The fraction of sp³-hybridized carbons (Fsp3) is 0.615. The Morgan fingerprint density at radius 1 is 0.696 bits per heavy atom. The van der Waals surface area contributed by atoms with Crippen LogP contribution in [0.2, 0.25) is 0 Å². The first-order valence-corrected chi connectivity index (χ1v) is 13.9. The van der Waals surface area contributed by atoms with Gasteiger partial charge in [0.05, 0.1) is 12.6 Å². The van der Waals surface area contributed by atoms with Gasteiger partial charge in [0.25, 0.3) is 0 Å². The lowest BCUT2D eigenvalue weighted by Gasteiger charge is -2.36. The van der Waals surface area contributed by atoms with E-state index >= 15 is 0 Å². The highest BCUT2D eigenvalue weighted by atomic mass is 16.4. The number of piperazine rings is 1. The van der Waals surface area contributed by atoms with Gasteiger partial charge in [0, 0.05) is 32.7 Å². The standard InChI is InChI=1S/C17H27N5O8.C5H13N.2C2H2O3/c1-18-11(4-2-3-5-19-13(24)16(27)28)15(26)22-8-6-21(7-9-22)12(23)10-20-14(25)17(29)30;1-3-4-5-6-2;2*3-1-2(4)5/h11,18H,2-10H2,1H3,(H,19,24)(H,20,25)(H,27,28)(H,29,30);6H,3-5H2,1-2H3;2*1H,(H,4,5). The Morgan fingerprint density at radius 3 is 1.52 bits per heavy atom. The van der Waals surface area contributed by atoms with E-state index in [1.54, 1.807) is 11.9 Å². The van der Waals surface area contributed by atoms with Crippen LogP contribution in [0.1, 0.15) is 39.0 Å². The number of carbonyl (C=O) groups is 10. The highest BCUT2D eigenvalue weighted by Crippen LogP contribution is 2.08. The lowest BCUT2D eigenvalue weighted by atomic mass is 10.1. The van der Waals surface area contributed by atoms with Gasteiger partial charge < -0.3 is 51.5 Å². The van der Waals surface area contributed by atoms with E-state index in [9.17, 15) is 28.8 Å². The normalized spacial score (nSPS) is 12.1. The van der Waals surface area contributed by atoms with Crippen LogP contribution in [-0.2, 0) is 47.9 Å². The summed E-state index contributed by atoms with van der Waals surface area (Å²) in [5, 5.41) is 41.9. The fourth-order valence-electron chi connectivity index (χ4n) is 3.24. The molecule has 1 atom stereocenters. The van der Waals surface area contributed by atoms with E-state index in [4.69, 9.17) is 39.6 Å². The molecular weight excluding hydrogens is 620 g/mol. The summed E-state index contributed by atoms with van der Waals surface area (Å²) in [5.41, 5.74) is 0. The van der Waals surface area contributed by atoms with E-state index in [0.29, 0.717) is 32.4 Å². The lowest BCUT2D eigenvalue weighted by Crippen LogP contribution is -2.56. The molecule has 0 spiro atoms. The highest BCUT2D eigenvalue weighted by molar-refractivity contribution is 6.32. The van der Waals surface area contributed by atoms with Gasteiger partial charge in [0.2, 0.25) is 24.4 Å². The SMILES string of the molecule is CCCCNC.CNC(CCCCNC(=O)C(=O)O)C(=O)N1CCN(C(=O)CNC(=O)C(=O)O)CC1.O=CC(=O)O.O=CC(=O)O. The molecule has 1 rings (SSSR count). The average molecular weight is 665 g/mol. The highest BCUT2D eigenvalue weighted by Gasteiger charge is 2.28. The van der Waals surface area contributed by atoms with Gasteiger partial charge in [-0.2, -0.15) is 0 Å². The molecule has 262 valence electrons. The summed E-state index contributed by atoms with van der Waals surface area (Å²) in [6, 6.07) is -0.447. The zero-order valence-corrected chi connectivity index (χ0v) is 26.0. The molecule has 0 bridgehead atoms. The monoisotopic (exact) mass is 664 g/mol. The molecule has 0 aromatic heterocycles. The molecule has 20 heteroatoms. The molecule has 1 unspecified atom stereocenters. The largest absolute Gasteiger partial charge is 0.476 e. The Hall–Kier alpha value is -4.98. The fourth-order valence-corrected chi connectivity index (χ4v) is 3.24. The van der Waals surface area contributed by atoms with Crippen LogP contribution >= 0.6 is 0 Å². The van der Waals surface area contributed by atoms with Crippen molar-refractivity contribution in [3.05, 3.63) is 0 Å². The number of carbonyl (C=O) groups excluding carboxylic acids is 6. The van der Waals surface area contributed by atoms with Crippen molar-refractivity contribution in [2.45, 2.75) is 45.1 Å². The first kappa shape index (κ1) is 45.4. The molecule has 0 radical (unpaired) electrons. The number of likely N-dealkylation sites (N-methyl/N-ethyl adjacent to an activating group) is 1. The maximum Gasteiger partial charge on any atom is 0.394 e. The van der Waals surface area contributed by atoms with Gasteiger partial charge in [-0.3, -0.25) is 28.8 Å². The molecule has 4 amide bonds. The minimum atomic E-state index is -1.67. The number of hydrogen-bond donors (Lipinski definition) is 8. The van der Waals surface area contributed by atoms with E-state index in [1.807, 2.05) is 12.4 Å². The zero-order valence-electron chi connectivity index (χ0n) is 26.0. The Bertz CT molecular complexity index is 993. The topological polar surface area (TPSA) is 306 Å². The van der Waals surface area contributed by atoms with Crippen molar-refractivity contribution in [2.75, 3.05) is 59.9 Å². The zero-order chi connectivity index (χ0) is 36.1. The molecule has 0 saturated carbocycles. The molecule has 1 aliphatic heterocycles. The van der Waals surface area contributed by atoms with Crippen molar-refractivity contribution in [3.63, 3.8) is 0 Å². The second-order valence-electron chi connectivity index (χ2n) is 8.96. The number of aldehydes is 2. The molecule has 1 aliphatic rings. The van der Waals surface area contributed by atoms with Crippen LogP contribution in [0.3, 0.4) is 0 Å². The Kier molecular flexibility index (Phi) is 28.4. The van der Waals surface area contributed by atoms with Crippen LogP contribution in [0.15, 0.2) is 0 Å². The summed E-state index contributed by atoms with van der Waals surface area (Å²) in [6.07, 6.45) is 3.88. The molecule has 1 saturated heterocycles. The van der Waals surface area contributed by atoms with E-state index in [2.05, 4.69) is 22.9 Å². The van der Waals surface area contributed by atoms with Crippen LogP contribution in [0.25, 0.3) is 0 Å². The third-order valence-corrected chi connectivity index (χ3v) is 5.57. The first-order chi connectivity index (χ1) is 21.6. The van der Waals surface area contributed by atoms with E-state index < -0.39 is 54.2 Å². The van der Waals surface area contributed by atoms with Gasteiger partial charge >= 0.3 is 35.7 Å². The number of carboxylic acid groups (broad SMARTS) is 4. The number of hydrogen-bond acceptors (Lipinski definition) is 12. The van der Waals surface area contributed by atoms with Gasteiger partial charge in [-0.05, 0) is 46.3 Å². The third-order valence-electron chi connectivity index (χ3n) is 5.57. The minimum Gasteiger partial charge on any atom is -0.476 e. The van der Waals surface area contributed by atoms with Crippen LogP contribution in [0, 0.1) is 0 Å². The average Bonchev–Trinajstić information content (AvgIpc) is 3.04. The summed E-state index contributed by atoms with van der Waals surface area (Å²) in [4.78, 5) is 106. The maximum absolute atomic E-state index is 12.6. The van der Waals surface area contributed by atoms with Crippen molar-refractivity contribution in [1.82, 2.24) is 31.1 Å². The van der Waals surface area contributed by atoms with Crippen molar-refractivity contribution in [3.8, 4) is 0 Å². The predicted octanol–water partition coefficient (Wildman–Crippen LogP) is -3.64. The summed E-state index contributed by atoms with van der Waals surface area (Å²) in [5.74, 6) is -8.93. The second-order valence-corrected chi connectivity index (χ2v) is 8.96. The number of unbranched alkanes of at least 4 members (excludes halogenated alkanes) is 2. The quantitative estimate of drug-likeness (QED) is 0.0504. The number of amides is 4. The molecule has 0 aromatic rings. The molecule has 46 heavy (non-hydrogen) atoms. The summed E-state index contributed by atoms with van der Waals surface area (Å²) < 4.78 is 0. The third kappa shape index (κ3) is 25.5. The van der Waals surface area contributed by atoms with Crippen molar-refractivity contribution >= 4 is 60.1 Å². The molecule has 20 nitrogen and oxygen atoms in total. The van der Waals surface area contributed by atoms with Gasteiger partial charge in [-0.15, -0.1) is 0 Å². The second kappa shape index (κ2) is 28.8. The van der Waals surface area contributed by atoms with Crippen molar-refractivity contribution in [1.29, 1.82) is 0 Å². The Labute approximate surface area is 264 Å². The summed E-state index contributed by atoms with van der Waals surface area (Å²) >= 11 is 0. The van der Waals surface area contributed by atoms with Crippen molar-refractivity contribution < 1.29 is 68.4 Å². The molecule has 8 N–H and O–H groups in total. The minimum absolute atomic E-state index is 0.127. The molecule has 0 aromatic carbocycles. The van der Waals surface area contributed by atoms with Crippen LogP contribution in [0.4, 0.5) is 0 Å². The molecular formula is C26H44N6O14. The van der Waals surface area contributed by atoms with E-state index in [1.165, 1.54) is 17.7 Å². The van der Waals surface area contributed by atoms with Crippen LogP contribution in [-0.4, -0.2) is 156 Å². The smallest absolute Gasteiger partial charge is 0.394 e. The number of carboxylic acids is 4. The van der Waals surface area contributed by atoms with E-state index in [0.717, 1.165) is 6.54 Å². The van der Waals surface area contributed by atoms with Gasteiger partial charge in [-0.1, -0.05) is 13.3 Å². The summed E-state index contributed by atoms with van der Waals surface area (Å²) in [6.45, 7) is 4.30. The van der Waals surface area contributed by atoms with Crippen LogP contribution in [0.5, 0.6) is 0 Å². The van der Waals surface area contributed by atoms with Crippen molar-refractivity contribution in [2.24, 2.45) is 0 Å². The number of rotatable bonds is 14. The number of nitrogens with one attached hydrogen (secondary N) is 4. The van der Waals surface area contributed by atoms with Gasteiger partial charge in [-0.25, -0.2) is 19.2 Å². The van der Waals surface area contributed by atoms with Gasteiger partial charge in [0.1, 0.15) is 0 Å². The molecule has 1 fully saturated rings. The number of nitrogens with zero attached hydrogens (tertiary/aromatic N) is 2. The summed E-state index contributed by atoms with van der Waals surface area (Å²) in [7, 11) is 3.63. The predicted molar refractivity (Wildman–Crippen MR) is 157 cm³/mol.